The fourth-order valence-electron chi connectivity index (χ4n) is 5.15. The van der Waals surface area contributed by atoms with Gasteiger partial charge in [0.05, 0.1) is 37.0 Å². The van der Waals surface area contributed by atoms with E-state index in [2.05, 4.69) is 35.1 Å². The first-order valence-electron chi connectivity index (χ1n) is 16.8. The molecular weight excluding hydrogens is 604 g/mol. The summed E-state index contributed by atoms with van der Waals surface area (Å²) in [5.74, 6) is -1.51. The summed E-state index contributed by atoms with van der Waals surface area (Å²) in [4.78, 5) is 62.4. The zero-order chi connectivity index (χ0) is 35.5. The third-order valence-corrected chi connectivity index (χ3v) is 8.75. The lowest BCUT2D eigenvalue weighted by Gasteiger charge is -2.38. The van der Waals surface area contributed by atoms with E-state index in [1.807, 2.05) is 58.0 Å². The topological polar surface area (TPSA) is 161 Å². The number of methoxy groups -OCH3 is 1. The van der Waals surface area contributed by atoms with Crippen LogP contribution >= 0.6 is 0 Å². The first-order chi connectivity index (χ1) is 22.3. The number of nitrogens with one attached hydrogen (secondary N) is 4. The highest BCUT2D eigenvalue weighted by molar-refractivity contribution is 5.92. The van der Waals surface area contributed by atoms with E-state index < -0.39 is 54.1 Å². The summed E-state index contributed by atoms with van der Waals surface area (Å²) < 4.78 is 17.7. The number of ether oxygens (including phenoxy) is 3. The van der Waals surface area contributed by atoms with Crippen molar-refractivity contribution in [2.75, 3.05) is 26.9 Å². The molecule has 1 rings (SSSR count). The molecule has 0 fully saturated rings. The summed E-state index contributed by atoms with van der Waals surface area (Å²) in [6, 6.07) is 6.52. The van der Waals surface area contributed by atoms with Gasteiger partial charge in [0.15, 0.2) is 0 Å². The zero-order valence-corrected chi connectivity index (χ0v) is 29.6. The second kappa shape index (κ2) is 21.4. The van der Waals surface area contributed by atoms with Gasteiger partial charge in [-0.3, -0.25) is 14.4 Å². The van der Waals surface area contributed by atoms with E-state index in [1.165, 1.54) is 6.92 Å². The molecule has 0 heterocycles. The van der Waals surface area contributed by atoms with Crippen molar-refractivity contribution in [1.82, 2.24) is 21.3 Å². The van der Waals surface area contributed by atoms with Crippen molar-refractivity contribution in [3.8, 4) is 0 Å². The molecule has 4 amide bonds. The maximum Gasteiger partial charge on any atom is 0.407 e. The van der Waals surface area contributed by atoms with Crippen LogP contribution in [0.15, 0.2) is 30.3 Å². The second-order valence-corrected chi connectivity index (χ2v) is 12.4. The number of aldehydes is 1. The van der Waals surface area contributed by atoms with Crippen molar-refractivity contribution < 1.29 is 38.2 Å². The number of alkyl carbamates (subject to hydrolysis) is 1. The Bertz CT molecular complexity index is 1100. The monoisotopic (exact) mass is 662 g/mol. The van der Waals surface area contributed by atoms with Gasteiger partial charge in [-0.05, 0) is 50.5 Å². The molecule has 47 heavy (non-hydrogen) atoms. The van der Waals surface area contributed by atoms with Crippen molar-refractivity contribution in [1.29, 1.82) is 0 Å². The van der Waals surface area contributed by atoms with Gasteiger partial charge in [0.1, 0.15) is 18.4 Å². The highest BCUT2D eigenvalue weighted by Crippen LogP contribution is 2.29. The minimum atomic E-state index is -1.03. The van der Waals surface area contributed by atoms with E-state index in [0.717, 1.165) is 31.2 Å². The molecule has 4 N–H and O–H groups in total. The molecule has 266 valence electrons. The average Bonchev–Trinajstić information content (AvgIpc) is 3.06. The van der Waals surface area contributed by atoms with Crippen molar-refractivity contribution in [2.24, 2.45) is 5.92 Å². The van der Waals surface area contributed by atoms with Gasteiger partial charge in [0.25, 0.3) is 0 Å². The molecule has 12 nitrogen and oxygen atoms in total. The van der Waals surface area contributed by atoms with E-state index >= 15 is 0 Å². The first-order valence-corrected chi connectivity index (χ1v) is 16.8. The lowest BCUT2D eigenvalue weighted by atomic mass is 9.92. The first kappa shape index (κ1) is 41.5. The minimum Gasteiger partial charge on any atom is -0.449 e. The number of carbonyl (C=O) groups excluding carboxylic acids is 5. The minimum absolute atomic E-state index is 0.0793. The second-order valence-electron chi connectivity index (χ2n) is 12.4. The molecule has 1 aromatic carbocycles. The standard InChI is InChI=1S/C35H58N4O8/c1-9-34(10-2,47-24-35(11-3,12-4)45-8)18-19-46-33(44)39-29(21-27-16-14-13-15-17-27)32(43)36-22-30(41)37-26(7)31(42)38-28(23-40)20-25(5)6/h13-17,23,25-26,28-29H,9-12,18-22,24H2,1-8H3,(H,36,43)(H,37,41)(H,38,42)(H,39,44)/t26-,28?,29-/m0/s1. The predicted molar refractivity (Wildman–Crippen MR) is 181 cm³/mol. The quantitative estimate of drug-likeness (QED) is 0.129. The fourth-order valence-corrected chi connectivity index (χ4v) is 5.15. The lowest BCUT2D eigenvalue weighted by Crippen LogP contribution is -2.53. The molecule has 0 spiro atoms. The molecule has 0 aromatic heterocycles. The molecule has 3 atom stereocenters. The van der Waals surface area contributed by atoms with E-state index in [9.17, 15) is 24.0 Å². The molecule has 0 saturated carbocycles. The fraction of sp³-hybridized carbons (Fsp3) is 0.686. The summed E-state index contributed by atoms with van der Waals surface area (Å²) in [5, 5.41) is 10.3. The maximum atomic E-state index is 13.2. The van der Waals surface area contributed by atoms with E-state index in [4.69, 9.17) is 14.2 Å². The Morgan fingerprint density at radius 2 is 1.47 bits per heavy atom. The summed E-state index contributed by atoms with van der Waals surface area (Å²) >= 11 is 0. The van der Waals surface area contributed by atoms with Gasteiger partial charge in [0.2, 0.25) is 17.7 Å². The Kier molecular flexibility index (Phi) is 18.9. The molecule has 0 aliphatic rings. The van der Waals surface area contributed by atoms with Crippen molar-refractivity contribution in [2.45, 2.75) is 123 Å². The third kappa shape index (κ3) is 14.9. The number of hydrogen-bond donors (Lipinski definition) is 4. The van der Waals surface area contributed by atoms with Gasteiger partial charge in [-0.2, -0.15) is 0 Å². The molecule has 1 aromatic rings. The number of rotatable bonds is 23. The lowest BCUT2D eigenvalue weighted by molar-refractivity contribution is -0.144. The van der Waals surface area contributed by atoms with Crippen LogP contribution in [0.3, 0.4) is 0 Å². The Balaban J connectivity index is 2.80. The van der Waals surface area contributed by atoms with E-state index in [-0.39, 0.29) is 24.5 Å². The van der Waals surface area contributed by atoms with Crippen LogP contribution in [-0.4, -0.2) is 86.3 Å². The van der Waals surface area contributed by atoms with Crippen molar-refractivity contribution in [3.63, 3.8) is 0 Å². The van der Waals surface area contributed by atoms with Crippen LogP contribution in [0.1, 0.15) is 92.6 Å². The smallest absolute Gasteiger partial charge is 0.407 e. The molecular formula is C35H58N4O8. The van der Waals surface area contributed by atoms with Crippen LogP contribution < -0.4 is 21.3 Å². The molecule has 0 aliphatic carbocycles. The van der Waals surface area contributed by atoms with Gasteiger partial charge in [-0.15, -0.1) is 0 Å². The summed E-state index contributed by atoms with van der Waals surface area (Å²) in [6.45, 7) is 13.6. The van der Waals surface area contributed by atoms with Crippen molar-refractivity contribution in [3.05, 3.63) is 35.9 Å². The largest absolute Gasteiger partial charge is 0.449 e. The van der Waals surface area contributed by atoms with Crippen LogP contribution in [0.4, 0.5) is 4.79 Å². The molecule has 1 unspecified atom stereocenters. The summed E-state index contributed by atoms with van der Waals surface area (Å²) in [6.07, 6.45) is 4.06. The third-order valence-electron chi connectivity index (χ3n) is 8.75. The van der Waals surface area contributed by atoms with Gasteiger partial charge >= 0.3 is 6.09 Å². The Morgan fingerprint density at radius 3 is 2.00 bits per heavy atom. The molecule has 0 saturated heterocycles. The van der Waals surface area contributed by atoms with Gasteiger partial charge < -0.3 is 40.3 Å². The summed E-state index contributed by atoms with van der Waals surface area (Å²) in [7, 11) is 1.69. The molecule has 0 aliphatic heterocycles. The zero-order valence-electron chi connectivity index (χ0n) is 29.6. The molecule has 0 bridgehead atoms. The number of carbonyl (C=O) groups is 5. The Labute approximate surface area is 280 Å². The average molecular weight is 663 g/mol. The highest BCUT2D eigenvalue weighted by atomic mass is 16.6. The highest BCUT2D eigenvalue weighted by Gasteiger charge is 2.34. The Morgan fingerprint density at radius 1 is 0.851 bits per heavy atom. The van der Waals surface area contributed by atoms with Gasteiger partial charge in [0, 0.05) is 20.0 Å². The van der Waals surface area contributed by atoms with Crippen LogP contribution in [0.5, 0.6) is 0 Å². The molecule has 0 radical (unpaired) electrons. The van der Waals surface area contributed by atoms with E-state index in [1.54, 1.807) is 7.11 Å². The van der Waals surface area contributed by atoms with Gasteiger partial charge in [-0.1, -0.05) is 71.9 Å². The number of hydrogen-bond acceptors (Lipinski definition) is 8. The van der Waals surface area contributed by atoms with Crippen LogP contribution in [0.25, 0.3) is 0 Å². The van der Waals surface area contributed by atoms with Crippen LogP contribution in [0, 0.1) is 5.92 Å². The number of benzene rings is 1. The van der Waals surface area contributed by atoms with Crippen LogP contribution in [0.2, 0.25) is 0 Å². The maximum absolute atomic E-state index is 13.2. The van der Waals surface area contributed by atoms with Crippen molar-refractivity contribution >= 4 is 30.1 Å². The van der Waals surface area contributed by atoms with Crippen LogP contribution in [-0.2, 0) is 39.8 Å². The predicted octanol–water partition coefficient (Wildman–Crippen LogP) is 3.85. The summed E-state index contributed by atoms with van der Waals surface area (Å²) in [5.41, 5.74) is -0.0779. The Hall–Kier alpha value is -3.51. The molecule has 12 heteroatoms. The van der Waals surface area contributed by atoms with E-state index in [0.29, 0.717) is 25.7 Å². The van der Waals surface area contributed by atoms with Gasteiger partial charge in [-0.25, -0.2) is 4.79 Å². The SMILES string of the molecule is CCC(CC)(COC(CC)(CC)CCOC(=O)N[C@@H](Cc1ccccc1)C(=O)NCC(=O)N[C@@H](C)C(=O)NC(C=O)CC(C)C)OC. The normalized spacial score (nSPS) is 13.6. The number of amides is 4.